The summed E-state index contributed by atoms with van der Waals surface area (Å²) in [5.41, 5.74) is 7.13. The van der Waals surface area contributed by atoms with Crippen molar-refractivity contribution in [3.63, 3.8) is 0 Å². The van der Waals surface area contributed by atoms with Crippen LogP contribution in [-0.2, 0) is 0 Å². The third-order valence-electron chi connectivity index (χ3n) is 2.42. The molecule has 1 nitrogen and oxygen atoms in total. The number of halogens is 1. The molecule has 0 saturated carbocycles. The van der Waals surface area contributed by atoms with Crippen molar-refractivity contribution in [2.24, 2.45) is 5.73 Å². The number of nitrogens with two attached hydrogens (primary N) is 1. The smallest absolute Gasteiger partial charge is 0.0453 e. The molecule has 0 fully saturated rings. The molecule has 78 valence electrons. The average Bonchev–Trinajstić information content (AvgIpc) is 2.18. The Labute approximate surface area is 91.3 Å². The van der Waals surface area contributed by atoms with Crippen molar-refractivity contribution in [1.82, 2.24) is 0 Å². The van der Waals surface area contributed by atoms with E-state index in [-0.39, 0.29) is 6.04 Å². The highest BCUT2D eigenvalue weighted by Crippen LogP contribution is 2.24. The monoisotopic (exact) mass is 211 g/mol. The Kier molecular flexibility index (Phi) is 4.99. The molecule has 2 heteroatoms. The van der Waals surface area contributed by atoms with Crippen molar-refractivity contribution < 1.29 is 0 Å². The van der Waals surface area contributed by atoms with Gasteiger partial charge in [0.15, 0.2) is 0 Å². The number of unbranched alkanes of at least 4 members (excludes halogenated alkanes) is 2. The second-order valence-electron chi connectivity index (χ2n) is 3.62. The van der Waals surface area contributed by atoms with Crippen molar-refractivity contribution in [2.45, 2.75) is 38.6 Å². The Morgan fingerprint density at radius 2 is 2.00 bits per heavy atom. The molecule has 1 atom stereocenters. The molecule has 0 radical (unpaired) electrons. The van der Waals surface area contributed by atoms with Gasteiger partial charge in [-0.05, 0) is 18.1 Å². The summed E-state index contributed by atoms with van der Waals surface area (Å²) >= 11 is 6.05. The zero-order valence-electron chi connectivity index (χ0n) is 8.67. The molecule has 0 bridgehead atoms. The van der Waals surface area contributed by atoms with Gasteiger partial charge in [-0.1, -0.05) is 56.0 Å². The first-order chi connectivity index (χ1) is 6.75. The third kappa shape index (κ3) is 3.32. The van der Waals surface area contributed by atoms with Crippen LogP contribution in [0.3, 0.4) is 0 Å². The van der Waals surface area contributed by atoms with Crippen LogP contribution in [0.25, 0.3) is 0 Å². The molecule has 1 aromatic rings. The lowest BCUT2D eigenvalue weighted by Gasteiger charge is -2.12. The highest BCUT2D eigenvalue weighted by atomic mass is 35.5. The van der Waals surface area contributed by atoms with Gasteiger partial charge in [0.1, 0.15) is 0 Å². The maximum atomic E-state index is 6.05. The van der Waals surface area contributed by atoms with Gasteiger partial charge in [0, 0.05) is 11.1 Å². The van der Waals surface area contributed by atoms with Crippen LogP contribution in [0.1, 0.15) is 44.2 Å². The lowest BCUT2D eigenvalue weighted by molar-refractivity contribution is 0.581. The fourth-order valence-corrected chi connectivity index (χ4v) is 1.82. The van der Waals surface area contributed by atoms with Crippen LogP contribution in [-0.4, -0.2) is 0 Å². The minimum absolute atomic E-state index is 0.0928. The average molecular weight is 212 g/mol. The zero-order valence-corrected chi connectivity index (χ0v) is 9.43. The number of hydrogen-bond acceptors (Lipinski definition) is 1. The van der Waals surface area contributed by atoms with Gasteiger partial charge in [-0.15, -0.1) is 0 Å². The predicted octanol–water partition coefficient (Wildman–Crippen LogP) is 3.92. The molecule has 0 aliphatic rings. The largest absolute Gasteiger partial charge is 0.324 e. The van der Waals surface area contributed by atoms with Crippen molar-refractivity contribution in [3.05, 3.63) is 34.9 Å². The highest BCUT2D eigenvalue weighted by molar-refractivity contribution is 6.31. The lowest BCUT2D eigenvalue weighted by atomic mass is 10.0. The van der Waals surface area contributed by atoms with E-state index in [1.165, 1.54) is 19.3 Å². The molecule has 0 aromatic heterocycles. The van der Waals surface area contributed by atoms with Gasteiger partial charge in [-0.3, -0.25) is 0 Å². The molecule has 0 aliphatic heterocycles. The summed E-state index contributed by atoms with van der Waals surface area (Å²) < 4.78 is 0. The zero-order chi connectivity index (χ0) is 10.4. The van der Waals surface area contributed by atoms with Crippen LogP contribution < -0.4 is 5.73 Å². The Hall–Kier alpha value is -0.530. The van der Waals surface area contributed by atoms with E-state index in [9.17, 15) is 0 Å². The summed E-state index contributed by atoms with van der Waals surface area (Å²) in [5.74, 6) is 0. The van der Waals surface area contributed by atoms with E-state index in [0.717, 1.165) is 17.0 Å². The van der Waals surface area contributed by atoms with E-state index < -0.39 is 0 Å². The van der Waals surface area contributed by atoms with E-state index in [1.807, 2.05) is 24.3 Å². The van der Waals surface area contributed by atoms with Crippen LogP contribution in [0.15, 0.2) is 24.3 Å². The molecule has 14 heavy (non-hydrogen) atoms. The van der Waals surface area contributed by atoms with Crippen LogP contribution in [0.4, 0.5) is 0 Å². The van der Waals surface area contributed by atoms with Gasteiger partial charge in [0.25, 0.3) is 0 Å². The molecule has 1 rings (SSSR count). The van der Waals surface area contributed by atoms with E-state index in [1.54, 1.807) is 0 Å². The molecule has 0 amide bonds. The molecular formula is C12H18ClN. The van der Waals surface area contributed by atoms with Crippen molar-refractivity contribution in [3.8, 4) is 0 Å². The minimum atomic E-state index is 0.0928. The predicted molar refractivity (Wildman–Crippen MR) is 62.5 cm³/mol. The van der Waals surface area contributed by atoms with Gasteiger partial charge in [-0.2, -0.15) is 0 Å². The molecular weight excluding hydrogens is 194 g/mol. The second kappa shape index (κ2) is 6.05. The molecule has 0 heterocycles. The number of hydrogen-bond donors (Lipinski definition) is 1. The first-order valence-corrected chi connectivity index (χ1v) is 5.63. The van der Waals surface area contributed by atoms with Gasteiger partial charge in [0.05, 0.1) is 0 Å². The molecule has 0 unspecified atom stereocenters. The van der Waals surface area contributed by atoms with Crippen molar-refractivity contribution >= 4 is 11.6 Å². The Morgan fingerprint density at radius 3 is 2.64 bits per heavy atom. The van der Waals surface area contributed by atoms with Crippen LogP contribution >= 0.6 is 11.6 Å². The maximum Gasteiger partial charge on any atom is 0.0453 e. The normalized spacial score (nSPS) is 12.8. The van der Waals surface area contributed by atoms with E-state index in [0.29, 0.717) is 0 Å². The Balaban J connectivity index is 2.51. The SMILES string of the molecule is CCCCC[C@@H](N)c1ccccc1Cl. The quantitative estimate of drug-likeness (QED) is 0.735. The Morgan fingerprint density at radius 1 is 1.29 bits per heavy atom. The fraction of sp³-hybridized carbons (Fsp3) is 0.500. The van der Waals surface area contributed by atoms with Gasteiger partial charge >= 0.3 is 0 Å². The van der Waals surface area contributed by atoms with E-state index in [4.69, 9.17) is 17.3 Å². The van der Waals surface area contributed by atoms with Gasteiger partial charge in [-0.25, -0.2) is 0 Å². The van der Waals surface area contributed by atoms with Gasteiger partial charge in [0.2, 0.25) is 0 Å². The summed E-state index contributed by atoms with van der Waals surface area (Å²) in [4.78, 5) is 0. The molecule has 0 spiro atoms. The summed E-state index contributed by atoms with van der Waals surface area (Å²) in [5, 5.41) is 0.788. The van der Waals surface area contributed by atoms with Crippen LogP contribution in [0.5, 0.6) is 0 Å². The summed E-state index contributed by atoms with van der Waals surface area (Å²) in [6.45, 7) is 2.20. The summed E-state index contributed by atoms with van der Waals surface area (Å²) in [6, 6.07) is 7.93. The maximum absolute atomic E-state index is 6.05. The minimum Gasteiger partial charge on any atom is -0.324 e. The summed E-state index contributed by atoms with van der Waals surface area (Å²) in [6.07, 6.45) is 4.69. The topological polar surface area (TPSA) is 26.0 Å². The fourth-order valence-electron chi connectivity index (χ4n) is 1.55. The van der Waals surface area contributed by atoms with E-state index >= 15 is 0 Å². The molecule has 0 aliphatic carbocycles. The van der Waals surface area contributed by atoms with Crippen LogP contribution in [0, 0.1) is 0 Å². The second-order valence-corrected chi connectivity index (χ2v) is 4.03. The summed E-state index contributed by atoms with van der Waals surface area (Å²) in [7, 11) is 0. The third-order valence-corrected chi connectivity index (χ3v) is 2.77. The van der Waals surface area contributed by atoms with Crippen molar-refractivity contribution in [1.29, 1.82) is 0 Å². The molecule has 0 saturated heterocycles. The highest BCUT2D eigenvalue weighted by Gasteiger charge is 2.08. The molecule has 2 N–H and O–H groups in total. The number of benzene rings is 1. The van der Waals surface area contributed by atoms with Crippen molar-refractivity contribution in [2.75, 3.05) is 0 Å². The first-order valence-electron chi connectivity index (χ1n) is 5.25. The molecule has 1 aromatic carbocycles. The van der Waals surface area contributed by atoms with E-state index in [2.05, 4.69) is 6.92 Å². The number of rotatable bonds is 5. The Bertz CT molecular complexity index is 273. The lowest BCUT2D eigenvalue weighted by Crippen LogP contribution is -2.10. The van der Waals surface area contributed by atoms with Crippen LogP contribution in [0.2, 0.25) is 5.02 Å². The van der Waals surface area contributed by atoms with Gasteiger partial charge < -0.3 is 5.73 Å². The first kappa shape index (κ1) is 11.5. The standard InChI is InChI=1S/C12H18ClN/c1-2-3-4-9-12(14)10-7-5-6-8-11(10)13/h5-8,12H,2-4,9,14H2,1H3/t12-/m1/s1.